The van der Waals surface area contributed by atoms with Crippen LogP contribution >= 0.6 is 27.7 Å². The maximum Gasteiger partial charge on any atom is 0.288 e. The molecule has 0 spiro atoms. The van der Waals surface area contributed by atoms with Gasteiger partial charge in [-0.15, -0.1) is 0 Å². The molecule has 112 valence electrons. The van der Waals surface area contributed by atoms with Crippen LogP contribution in [0.1, 0.15) is 5.56 Å². The van der Waals surface area contributed by atoms with E-state index in [0.29, 0.717) is 23.2 Å². The predicted molar refractivity (Wildman–Crippen MR) is 86.3 cm³/mol. The minimum atomic E-state index is -2.39. The van der Waals surface area contributed by atoms with E-state index in [-0.39, 0.29) is 0 Å². The highest BCUT2D eigenvalue weighted by atomic mass is 79.9. The van der Waals surface area contributed by atoms with Crippen LogP contribution in [0.3, 0.4) is 0 Å². The number of ether oxygens (including phenoxy) is 1. The first-order chi connectivity index (χ1) is 10.1. The second kappa shape index (κ2) is 7.66. The van der Waals surface area contributed by atoms with E-state index in [1.165, 1.54) is 0 Å². The van der Waals surface area contributed by atoms with E-state index in [1.807, 2.05) is 18.2 Å². The van der Waals surface area contributed by atoms with Gasteiger partial charge in [-0.2, -0.15) is 8.78 Å². The third-order valence-corrected chi connectivity index (χ3v) is 4.02. The average Bonchev–Trinajstić information content (AvgIpc) is 2.46. The first-order valence-electron chi connectivity index (χ1n) is 6.19. The Kier molecular flexibility index (Phi) is 5.87. The fourth-order valence-corrected chi connectivity index (χ4v) is 2.74. The minimum Gasteiger partial charge on any atom is -0.496 e. The fourth-order valence-electron chi connectivity index (χ4n) is 1.84. The largest absolute Gasteiger partial charge is 0.496 e. The molecule has 0 unspecified atom stereocenters. The normalized spacial score (nSPS) is 10.7. The first kappa shape index (κ1) is 16.1. The molecule has 0 fully saturated rings. The van der Waals surface area contributed by atoms with Gasteiger partial charge in [-0.05, 0) is 42.5 Å². The molecule has 2 aromatic rings. The summed E-state index contributed by atoms with van der Waals surface area (Å²) >= 11 is 3.97. The summed E-state index contributed by atoms with van der Waals surface area (Å²) in [4.78, 5) is 0.551. The molecule has 0 bridgehead atoms. The van der Waals surface area contributed by atoms with Gasteiger partial charge in [-0.1, -0.05) is 27.7 Å². The molecule has 0 saturated carbocycles. The molecule has 21 heavy (non-hydrogen) atoms. The van der Waals surface area contributed by atoms with Crippen molar-refractivity contribution >= 4 is 33.4 Å². The van der Waals surface area contributed by atoms with Crippen LogP contribution in [0, 0.1) is 0 Å². The number of hydrogen-bond donors (Lipinski definition) is 1. The lowest BCUT2D eigenvalue weighted by Gasteiger charge is -2.11. The highest BCUT2D eigenvalue weighted by molar-refractivity contribution is 9.10. The number of benzene rings is 2. The standard InChI is InChI=1S/C15H14BrF2NOS/c1-20-14-7-2-11(16)8-10(14)9-19-12-3-5-13(6-4-12)21-15(17)18/h2-8,15,19H,9H2,1H3. The fraction of sp³-hybridized carbons (Fsp3) is 0.200. The van der Waals surface area contributed by atoms with Crippen LogP contribution in [0.5, 0.6) is 5.75 Å². The van der Waals surface area contributed by atoms with Crippen molar-refractivity contribution in [3.8, 4) is 5.75 Å². The summed E-state index contributed by atoms with van der Waals surface area (Å²) < 4.78 is 30.8. The Bertz CT molecular complexity index is 593. The Labute approximate surface area is 135 Å². The van der Waals surface area contributed by atoms with Gasteiger partial charge in [0.2, 0.25) is 0 Å². The van der Waals surface area contributed by atoms with Gasteiger partial charge in [0, 0.05) is 27.2 Å². The lowest BCUT2D eigenvalue weighted by Crippen LogP contribution is -2.01. The summed E-state index contributed by atoms with van der Waals surface area (Å²) in [6.07, 6.45) is 0. The maximum atomic E-state index is 12.2. The summed E-state index contributed by atoms with van der Waals surface area (Å²) in [6.45, 7) is 0.587. The number of methoxy groups -OCH3 is 1. The second-order valence-electron chi connectivity index (χ2n) is 4.21. The van der Waals surface area contributed by atoms with Crippen molar-refractivity contribution in [2.45, 2.75) is 17.2 Å². The van der Waals surface area contributed by atoms with Crippen molar-refractivity contribution in [1.82, 2.24) is 0 Å². The Morgan fingerprint density at radius 2 is 1.90 bits per heavy atom. The molecular weight excluding hydrogens is 360 g/mol. The van der Waals surface area contributed by atoms with Crippen LogP contribution < -0.4 is 10.1 Å². The average molecular weight is 374 g/mol. The van der Waals surface area contributed by atoms with E-state index in [1.54, 1.807) is 31.4 Å². The highest BCUT2D eigenvalue weighted by Gasteiger charge is 2.06. The molecule has 0 aromatic heterocycles. The van der Waals surface area contributed by atoms with Crippen LogP contribution in [0.15, 0.2) is 51.8 Å². The SMILES string of the molecule is COc1ccc(Br)cc1CNc1ccc(SC(F)F)cc1. The van der Waals surface area contributed by atoms with Crippen molar-refractivity contribution in [3.63, 3.8) is 0 Å². The predicted octanol–water partition coefficient (Wildman–Crippen LogP) is 5.38. The topological polar surface area (TPSA) is 21.3 Å². The Balaban J connectivity index is 2.01. The van der Waals surface area contributed by atoms with E-state index in [9.17, 15) is 8.78 Å². The van der Waals surface area contributed by atoms with Crippen LogP contribution in [0.25, 0.3) is 0 Å². The molecule has 0 saturated heterocycles. The molecule has 1 N–H and O–H groups in total. The van der Waals surface area contributed by atoms with Gasteiger partial charge >= 0.3 is 0 Å². The molecule has 2 aromatic carbocycles. The second-order valence-corrected chi connectivity index (χ2v) is 6.19. The zero-order valence-electron chi connectivity index (χ0n) is 11.3. The molecule has 0 heterocycles. The summed E-state index contributed by atoms with van der Waals surface area (Å²) in [6, 6.07) is 12.7. The molecule has 0 aliphatic carbocycles. The van der Waals surface area contributed by atoms with Crippen molar-refractivity contribution in [1.29, 1.82) is 0 Å². The monoisotopic (exact) mass is 373 g/mol. The lowest BCUT2D eigenvalue weighted by molar-refractivity contribution is 0.252. The summed E-state index contributed by atoms with van der Waals surface area (Å²) in [5.41, 5.74) is 1.88. The molecule has 0 aliphatic rings. The molecule has 6 heteroatoms. The number of alkyl halides is 2. The van der Waals surface area contributed by atoms with Crippen LogP contribution in [0.2, 0.25) is 0 Å². The van der Waals surface area contributed by atoms with Crippen LogP contribution in [0.4, 0.5) is 14.5 Å². The number of hydrogen-bond acceptors (Lipinski definition) is 3. The van der Waals surface area contributed by atoms with Gasteiger partial charge in [0.05, 0.1) is 7.11 Å². The van der Waals surface area contributed by atoms with Gasteiger partial charge in [0.15, 0.2) is 0 Å². The minimum absolute atomic E-state index is 0.542. The lowest BCUT2D eigenvalue weighted by atomic mass is 10.2. The van der Waals surface area contributed by atoms with E-state index >= 15 is 0 Å². The molecule has 0 aliphatic heterocycles. The number of rotatable bonds is 6. The molecule has 0 atom stereocenters. The van der Waals surface area contributed by atoms with Crippen molar-refractivity contribution in [2.24, 2.45) is 0 Å². The first-order valence-corrected chi connectivity index (χ1v) is 7.87. The zero-order chi connectivity index (χ0) is 15.2. The van der Waals surface area contributed by atoms with E-state index < -0.39 is 5.76 Å². The molecule has 2 nitrogen and oxygen atoms in total. The Morgan fingerprint density at radius 3 is 2.52 bits per heavy atom. The number of nitrogens with one attached hydrogen (secondary N) is 1. The Morgan fingerprint density at radius 1 is 1.19 bits per heavy atom. The van der Waals surface area contributed by atoms with E-state index in [4.69, 9.17) is 4.74 Å². The number of halogens is 3. The summed E-state index contributed by atoms with van der Waals surface area (Å²) in [5.74, 6) is -1.59. The smallest absolute Gasteiger partial charge is 0.288 e. The molecular formula is C15H14BrF2NOS. The van der Waals surface area contributed by atoms with Gasteiger partial charge in [0.1, 0.15) is 5.75 Å². The van der Waals surface area contributed by atoms with Gasteiger partial charge in [-0.3, -0.25) is 0 Å². The molecule has 0 amide bonds. The third-order valence-electron chi connectivity index (χ3n) is 2.80. The Hall–Kier alpha value is -1.27. The van der Waals surface area contributed by atoms with Gasteiger partial charge in [0.25, 0.3) is 5.76 Å². The van der Waals surface area contributed by atoms with Crippen molar-refractivity contribution in [3.05, 3.63) is 52.5 Å². The number of anilines is 1. The quantitative estimate of drug-likeness (QED) is 0.686. The van der Waals surface area contributed by atoms with E-state index in [2.05, 4.69) is 21.2 Å². The summed E-state index contributed by atoms with van der Waals surface area (Å²) in [5, 5.41) is 3.25. The van der Waals surface area contributed by atoms with Crippen LogP contribution in [-0.4, -0.2) is 12.9 Å². The molecule has 2 rings (SSSR count). The maximum absolute atomic E-state index is 12.2. The molecule has 0 radical (unpaired) electrons. The van der Waals surface area contributed by atoms with Crippen molar-refractivity contribution < 1.29 is 13.5 Å². The summed E-state index contributed by atoms with van der Waals surface area (Å²) in [7, 11) is 1.63. The highest BCUT2D eigenvalue weighted by Crippen LogP contribution is 2.27. The van der Waals surface area contributed by atoms with Gasteiger partial charge in [-0.25, -0.2) is 0 Å². The van der Waals surface area contributed by atoms with Crippen molar-refractivity contribution in [2.75, 3.05) is 12.4 Å². The van der Waals surface area contributed by atoms with E-state index in [0.717, 1.165) is 21.5 Å². The van der Waals surface area contributed by atoms with Crippen LogP contribution in [-0.2, 0) is 6.54 Å². The zero-order valence-corrected chi connectivity index (χ0v) is 13.7. The number of thioether (sulfide) groups is 1. The van der Waals surface area contributed by atoms with Gasteiger partial charge < -0.3 is 10.1 Å². The third kappa shape index (κ3) is 4.89.